The number of rotatable bonds is 4. The third-order valence-corrected chi connectivity index (χ3v) is 1.12. The summed E-state index contributed by atoms with van der Waals surface area (Å²) in [6.45, 7) is 1.31. The fourth-order valence-electron chi connectivity index (χ4n) is 0.650. The van der Waals surface area contributed by atoms with Gasteiger partial charge in [-0.3, -0.25) is 0 Å². The lowest BCUT2D eigenvalue weighted by atomic mass is 10.4. The number of hydrogen-bond donors (Lipinski definition) is 2. The van der Waals surface area contributed by atoms with Gasteiger partial charge in [0.2, 0.25) is 6.29 Å². The quantitative estimate of drug-likeness (QED) is 0.502. The highest BCUT2D eigenvalue weighted by atomic mass is 16.8. The molecule has 7 nitrogen and oxygen atoms in total. The molecule has 2 atom stereocenters. The molecule has 0 bridgehead atoms. The predicted octanol–water partition coefficient (Wildman–Crippen LogP) is 0.737. The molecule has 0 saturated carbocycles. The molecule has 0 heterocycles. The van der Waals surface area contributed by atoms with Crippen molar-refractivity contribution in [3.05, 3.63) is 0 Å². The first kappa shape index (κ1) is 11.5. The van der Waals surface area contributed by atoms with Gasteiger partial charge < -0.3 is 24.4 Å². The molecule has 0 aliphatic carbocycles. The van der Waals surface area contributed by atoms with Crippen LogP contribution in [-0.2, 0) is 14.2 Å². The average Bonchev–Trinajstić information content (AvgIpc) is 1.98. The summed E-state index contributed by atoms with van der Waals surface area (Å²) in [6, 6.07) is 0. The standard InChI is InChI=1S/C6H10O7/c1-3(12-5(7)8)4(11-2)13-6(9)10/h3-4H,1-2H3,(H,7,8)(H,9,10). The van der Waals surface area contributed by atoms with E-state index in [1.807, 2.05) is 0 Å². The van der Waals surface area contributed by atoms with Gasteiger partial charge in [-0.15, -0.1) is 0 Å². The van der Waals surface area contributed by atoms with Crippen LogP contribution in [0.5, 0.6) is 0 Å². The topological polar surface area (TPSA) is 102 Å². The van der Waals surface area contributed by atoms with E-state index in [1.54, 1.807) is 0 Å². The summed E-state index contributed by atoms with van der Waals surface area (Å²) < 4.78 is 12.9. The van der Waals surface area contributed by atoms with Crippen LogP contribution in [0.15, 0.2) is 0 Å². The molecule has 0 aliphatic heterocycles. The molecule has 0 amide bonds. The second-order valence-electron chi connectivity index (χ2n) is 2.08. The molecule has 0 aliphatic rings. The molecule has 0 fully saturated rings. The second kappa shape index (κ2) is 5.20. The maximum Gasteiger partial charge on any atom is 0.508 e. The van der Waals surface area contributed by atoms with Gasteiger partial charge in [0.05, 0.1) is 0 Å². The van der Waals surface area contributed by atoms with Crippen LogP contribution in [-0.4, -0.2) is 42.0 Å². The van der Waals surface area contributed by atoms with Crippen molar-refractivity contribution in [1.29, 1.82) is 0 Å². The van der Waals surface area contributed by atoms with Crippen molar-refractivity contribution in [2.75, 3.05) is 7.11 Å². The summed E-state index contributed by atoms with van der Waals surface area (Å²) >= 11 is 0. The summed E-state index contributed by atoms with van der Waals surface area (Å²) in [6.07, 6.45) is -5.36. The SMILES string of the molecule is COC(OC(=O)O)C(C)OC(=O)O. The highest BCUT2D eigenvalue weighted by Crippen LogP contribution is 2.05. The van der Waals surface area contributed by atoms with E-state index in [2.05, 4.69) is 14.2 Å². The Morgan fingerprint density at radius 3 is 1.92 bits per heavy atom. The molecule has 2 unspecified atom stereocenters. The average molecular weight is 194 g/mol. The highest BCUT2D eigenvalue weighted by Gasteiger charge is 2.24. The first-order valence-electron chi connectivity index (χ1n) is 3.29. The van der Waals surface area contributed by atoms with E-state index >= 15 is 0 Å². The third kappa shape index (κ3) is 4.86. The Morgan fingerprint density at radius 1 is 1.15 bits per heavy atom. The lowest BCUT2D eigenvalue weighted by molar-refractivity contribution is -0.155. The highest BCUT2D eigenvalue weighted by molar-refractivity contribution is 5.58. The number of carbonyl (C=O) groups is 2. The Bertz CT molecular complexity index is 189. The Balaban J connectivity index is 4.06. The van der Waals surface area contributed by atoms with Gasteiger partial charge in [0.1, 0.15) is 0 Å². The second-order valence-corrected chi connectivity index (χ2v) is 2.08. The summed E-state index contributed by atoms with van der Waals surface area (Å²) in [7, 11) is 1.18. The van der Waals surface area contributed by atoms with Crippen LogP contribution in [0.3, 0.4) is 0 Å². The molecule has 76 valence electrons. The summed E-state index contributed by atoms with van der Waals surface area (Å²) in [5.74, 6) is 0. The zero-order valence-electron chi connectivity index (χ0n) is 7.09. The molecule has 13 heavy (non-hydrogen) atoms. The van der Waals surface area contributed by atoms with E-state index in [4.69, 9.17) is 10.2 Å². The van der Waals surface area contributed by atoms with Crippen molar-refractivity contribution in [3.63, 3.8) is 0 Å². The minimum Gasteiger partial charge on any atom is -0.450 e. The minimum atomic E-state index is -1.56. The monoisotopic (exact) mass is 194 g/mol. The van der Waals surface area contributed by atoms with Crippen molar-refractivity contribution < 1.29 is 34.0 Å². The molecular weight excluding hydrogens is 184 g/mol. The zero-order valence-corrected chi connectivity index (χ0v) is 7.09. The molecule has 0 aromatic carbocycles. The molecule has 0 rings (SSSR count). The number of ether oxygens (including phenoxy) is 3. The molecule has 2 N–H and O–H groups in total. The number of hydrogen-bond acceptors (Lipinski definition) is 5. The summed E-state index contributed by atoms with van der Waals surface area (Å²) in [5, 5.41) is 16.4. The van der Waals surface area contributed by atoms with Crippen LogP contribution in [0.4, 0.5) is 9.59 Å². The van der Waals surface area contributed by atoms with E-state index in [1.165, 1.54) is 14.0 Å². The van der Waals surface area contributed by atoms with Gasteiger partial charge in [-0.05, 0) is 6.92 Å². The van der Waals surface area contributed by atoms with Crippen molar-refractivity contribution in [1.82, 2.24) is 0 Å². The van der Waals surface area contributed by atoms with Crippen molar-refractivity contribution in [2.45, 2.75) is 19.3 Å². The maximum absolute atomic E-state index is 10.1. The van der Waals surface area contributed by atoms with Crippen LogP contribution >= 0.6 is 0 Å². The van der Waals surface area contributed by atoms with Gasteiger partial charge >= 0.3 is 12.3 Å². The first-order valence-corrected chi connectivity index (χ1v) is 3.29. The van der Waals surface area contributed by atoms with Crippen LogP contribution in [0.1, 0.15) is 6.92 Å². The normalized spacial score (nSPS) is 14.3. The van der Waals surface area contributed by atoms with E-state index < -0.39 is 24.7 Å². The van der Waals surface area contributed by atoms with Crippen LogP contribution in [0.25, 0.3) is 0 Å². The van der Waals surface area contributed by atoms with Gasteiger partial charge in [0.15, 0.2) is 6.10 Å². The third-order valence-electron chi connectivity index (χ3n) is 1.12. The Kier molecular flexibility index (Phi) is 4.60. The Morgan fingerprint density at radius 2 is 1.62 bits per heavy atom. The van der Waals surface area contributed by atoms with Gasteiger partial charge in [-0.1, -0.05) is 0 Å². The van der Waals surface area contributed by atoms with E-state index in [0.29, 0.717) is 0 Å². The number of carboxylic acid groups (broad SMARTS) is 2. The van der Waals surface area contributed by atoms with Gasteiger partial charge in [-0.25, -0.2) is 9.59 Å². The molecule has 0 aromatic rings. The van der Waals surface area contributed by atoms with Crippen LogP contribution in [0.2, 0.25) is 0 Å². The Hall–Kier alpha value is -1.50. The summed E-state index contributed by atoms with van der Waals surface area (Å²) in [5.41, 5.74) is 0. The van der Waals surface area contributed by atoms with Crippen molar-refractivity contribution >= 4 is 12.3 Å². The van der Waals surface area contributed by atoms with E-state index in [-0.39, 0.29) is 0 Å². The minimum absolute atomic E-state index is 1.02. The van der Waals surface area contributed by atoms with Gasteiger partial charge in [0, 0.05) is 7.11 Å². The van der Waals surface area contributed by atoms with Crippen molar-refractivity contribution in [2.24, 2.45) is 0 Å². The zero-order chi connectivity index (χ0) is 10.4. The van der Waals surface area contributed by atoms with E-state index in [9.17, 15) is 9.59 Å². The van der Waals surface area contributed by atoms with Crippen LogP contribution < -0.4 is 0 Å². The van der Waals surface area contributed by atoms with E-state index in [0.717, 1.165) is 0 Å². The summed E-state index contributed by atoms with van der Waals surface area (Å²) in [4.78, 5) is 20.1. The predicted molar refractivity (Wildman–Crippen MR) is 38.5 cm³/mol. The maximum atomic E-state index is 10.1. The van der Waals surface area contributed by atoms with Gasteiger partial charge in [0.25, 0.3) is 0 Å². The smallest absolute Gasteiger partial charge is 0.450 e. The van der Waals surface area contributed by atoms with Gasteiger partial charge in [-0.2, -0.15) is 0 Å². The fraction of sp³-hybridized carbons (Fsp3) is 0.667. The fourth-order valence-corrected chi connectivity index (χ4v) is 0.650. The van der Waals surface area contributed by atoms with Crippen molar-refractivity contribution in [3.8, 4) is 0 Å². The lowest BCUT2D eigenvalue weighted by Gasteiger charge is -2.19. The molecule has 0 saturated heterocycles. The van der Waals surface area contributed by atoms with Crippen LogP contribution in [0, 0.1) is 0 Å². The molecular formula is C6H10O7. The molecule has 0 radical (unpaired) electrons. The largest absolute Gasteiger partial charge is 0.508 e. The molecule has 7 heteroatoms. The Labute approximate surface area is 73.8 Å². The molecule has 0 aromatic heterocycles. The first-order chi connectivity index (χ1) is 5.97. The number of methoxy groups -OCH3 is 1. The molecule has 0 spiro atoms. The lowest BCUT2D eigenvalue weighted by Crippen LogP contribution is -2.33.